The Balaban J connectivity index is 1.91. The maximum Gasteiger partial charge on any atom is 0.410 e. The lowest BCUT2D eigenvalue weighted by molar-refractivity contribution is 0.0265. The average molecular weight is 258 g/mol. The number of likely N-dealkylation sites (tertiary alicyclic amines) is 1. The Morgan fingerprint density at radius 3 is 2.28 bits per heavy atom. The van der Waals surface area contributed by atoms with Crippen molar-refractivity contribution in [2.75, 3.05) is 19.6 Å². The van der Waals surface area contributed by atoms with Gasteiger partial charge in [-0.1, -0.05) is 0 Å². The van der Waals surface area contributed by atoms with Crippen molar-refractivity contribution in [1.29, 1.82) is 0 Å². The summed E-state index contributed by atoms with van der Waals surface area (Å²) in [4.78, 5) is 13.6. The molecule has 1 amide bonds. The summed E-state index contributed by atoms with van der Waals surface area (Å²) in [7, 11) is 0. The van der Waals surface area contributed by atoms with Gasteiger partial charge < -0.3 is 15.4 Å². The average Bonchev–Trinajstić information content (AvgIpc) is 2.70. The molecule has 1 saturated heterocycles. The molecule has 4 nitrogen and oxygen atoms in total. The summed E-state index contributed by atoms with van der Waals surface area (Å²) in [5.74, 6) is 0.483. The number of fused-ring (bicyclic) bond motifs is 1. The summed E-state index contributed by atoms with van der Waals surface area (Å²) >= 11 is 0. The first-order valence-electron chi connectivity index (χ1n) is 6.59. The van der Waals surface area contributed by atoms with Crippen molar-refractivity contribution in [1.82, 2.24) is 4.90 Å². The van der Waals surface area contributed by atoms with Crippen LogP contribution in [0.1, 0.15) is 33.6 Å². The van der Waals surface area contributed by atoms with Crippen LogP contribution in [0.2, 0.25) is 0 Å². The van der Waals surface area contributed by atoms with Crippen LogP contribution in [0.4, 0.5) is 9.18 Å². The van der Waals surface area contributed by atoms with Crippen LogP contribution in [-0.4, -0.2) is 41.9 Å². The van der Waals surface area contributed by atoms with Crippen LogP contribution in [0.5, 0.6) is 0 Å². The topological polar surface area (TPSA) is 55.6 Å². The number of halogens is 1. The minimum atomic E-state index is -1.21. The second-order valence-corrected chi connectivity index (χ2v) is 6.67. The molecular formula is C13H23FN2O2. The first-order valence-corrected chi connectivity index (χ1v) is 6.59. The van der Waals surface area contributed by atoms with Gasteiger partial charge in [-0.3, -0.25) is 0 Å². The number of nitrogens with zero attached hydrogens (tertiary/aromatic N) is 1. The standard InChI is InChI=1S/C13H23FN2O2/c1-12(2,3)18-11(17)16-6-9-4-13(14,8-15)5-10(9)7-16/h9-10H,4-8,15H2,1-3H3/t9-,10+,13?. The summed E-state index contributed by atoms with van der Waals surface area (Å²) in [5.41, 5.74) is 3.78. The molecule has 2 rings (SSSR count). The van der Waals surface area contributed by atoms with Crippen molar-refractivity contribution in [2.24, 2.45) is 17.6 Å². The summed E-state index contributed by atoms with van der Waals surface area (Å²) in [5, 5.41) is 0. The van der Waals surface area contributed by atoms with Crippen LogP contribution >= 0.6 is 0 Å². The summed E-state index contributed by atoms with van der Waals surface area (Å²) in [6, 6.07) is 0. The van der Waals surface area contributed by atoms with Crippen LogP contribution in [0.15, 0.2) is 0 Å². The normalized spacial score (nSPS) is 35.7. The molecule has 1 heterocycles. The SMILES string of the molecule is CC(C)(C)OC(=O)N1C[C@@H]2CC(F)(CN)C[C@@H]2C1. The van der Waals surface area contributed by atoms with Gasteiger partial charge in [-0.25, -0.2) is 9.18 Å². The predicted octanol–water partition coefficient (Wildman–Crippen LogP) is 1.93. The van der Waals surface area contributed by atoms with Gasteiger partial charge in [0.15, 0.2) is 0 Å². The molecule has 18 heavy (non-hydrogen) atoms. The number of rotatable bonds is 1. The number of amides is 1. The van der Waals surface area contributed by atoms with E-state index >= 15 is 0 Å². The predicted molar refractivity (Wildman–Crippen MR) is 66.9 cm³/mol. The van der Waals surface area contributed by atoms with E-state index in [2.05, 4.69) is 0 Å². The third-order valence-corrected chi connectivity index (χ3v) is 3.85. The van der Waals surface area contributed by atoms with Crippen LogP contribution in [0, 0.1) is 11.8 Å². The van der Waals surface area contributed by atoms with E-state index in [0.29, 0.717) is 25.9 Å². The highest BCUT2D eigenvalue weighted by atomic mass is 19.1. The second-order valence-electron chi connectivity index (χ2n) is 6.67. The quantitative estimate of drug-likeness (QED) is 0.782. The molecule has 0 radical (unpaired) electrons. The van der Waals surface area contributed by atoms with E-state index in [0.717, 1.165) is 0 Å². The lowest BCUT2D eigenvalue weighted by Gasteiger charge is -2.26. The number of alkyl halides is 1. The van der Waals surface area contributed by atoms with Crippen molar-refractivity contribution in [3.05, 3.63) is 0 Å². The van der Waals surface area contributed by atoms with E-state index in [4.69, 9.17) is 10.5 Å². The molecular weight excluding hydrogens is 235 g/mol. The van der Waals surface area contributed by atoms with Crippen molar-refractivity contribution in [3.63, 3.8) is 0 Å². The van der Waals surface area contributed by atoms with E-state index in [1.54, 1.807) is 4.90 Å². The largest absolute Gasteiger partial charge is 0.444 e. The van der Waals surface area contributed by atoms with Gasteiger partial charge >= 0.3 is 6.09 Å². The zero-order chi connectivity index (χ0) is 13.6. The van der Waals surface area contributed by atoms with Gasteiger partial charge in [0.25, 0.3) is 0 Å². The molecule has 0 spiro atoms. The minimum Gasteiger partial charge on any atom is -0.444 e. The Labute approximate surface area is 108 Å². The highest BCUT2D eigenvalue weighted by Crippen LogP contribution is 2.45. The number of hydrogen-bond acceptors (Lipinski definition) is 3. The van der Waals surface area contributed by atoms with Gasteiger partial charge in [0.05, 0.1) is 0 Å². The fourth-order valence-corrected chi connectivity index (χ4v) is 3.07. The number of carbonyl (C=O) groups is 1. The van der Waals surface area contributed by atoms with E-state index in [9.17, 15) is 9.18 Å². The van der Waals surface area contributed by atoms with Gasteiger partial charge in [-0.15, -0.1) is 0 Å². The molecule has 1 aliphatic carbocycles. The number of hydrogen-bond donors (Lipinski definition) is 1. The Morgan fingerprint density at radius 2 is 1.89 bits per heavy atom. The molecule has 2 fully saturated rings. The number of carbonyl (C=O) groups excluding carboxylic acids is 1. The van der Waals surface area contributed by atoms with E-state index in [1.807, 2.05) is 20.8 Å². The molecule has 2 aliphatic rings. The smallest absolute Gasteiger partial charge is 0.410 e. The highest BCUT2D eigenvalue weighted by Gasteiger charge is 2.50. The lowest BCUT2D eigenvalue weighted by Crippen LogP contribution is -2.38. The molecule has 3 atom stereocenters. The maximum absolute atomic E-state index is 14.1. The van der Waals surface area contributed by atoms with Gasteiger partial charge in [0.2, 0.25) is 0 Å². The number of nitrogens with two attached hydrogens (primary N) is 1. The van der Waals surface area contributed by atoms with Gasteiger partial charge in [-0.2, -0.15) is 0 Å². The van der Waals surface area contributed by atoms with Gasteiger partial charge in [0.1, 0.15) is 11.3 Å². The Hall–Kier alpha value is -0.840. The molecule has 0 aromatic carbocycles. The van der Waals surface area contributed by atoms with E-state index in [-0.39, 0.29) is 24.5 Å². The Morgan fingerprint density at radius 1 is 1.39 bits per heavy atom. The molecule has 0 bridgehead atoms. The van der Waals surface area contributed by atoms with Crippen molar-refractivity contribution >= 4 is 6.09 Å². The molecule has 1 aliphatic heterocycles. The zero-order valence-corrected chi connectivity index (χ0v) is 11.4. The molecule has 0 aromatic rings. The fraction of sp³-hybridized carbons (Fsp3) is 0.923. The van der Waals surface area contributed by atoms with Crippen LogP contribution in [-0.2, 0) is 4.74 Å². The molecule has 0 aromatic heterocycles. The molecule has 1 unspecified atom stereocenters. The summed E-state index contributed by atoms with van der Waals surface area (Å²) < 4.78 is 19.4. The summed E-state index contributed by atoms with van der Waals surface area (Å²) in [6.45, 7) is 6.84. The minimum absolute atomic E-state index is 0.0897. The third kappa shape index (κ3) is 2.76. The van der Waals surface area contributed by atoms with E-state index in [1.165, 1.54) is 0 Å². The van der Waals surface area contributed by atoms with E-state index < -0.39 is 11.3 Å². The van der Waals surface area contributed by atoms with Crippen LogP contribution in [0.3, 0.4) is 0 Å². The van der Waals surface area contributed by atoms with Crippen LogP contribution < -0.4 is 5.73 Å². The van der Waals surface area contributed by atoms with Crippen molar-refractivity contribution in [2.45, 2.75) is 44.9 Å². The first-order chi connectivity index (χ1) is 8.22. The first kappa shape index (κ1) is 13.6. The summed E-state index contributed by atoms with van der Waals surface area (Å²) in [6.07, 6.45) is 0.676. The molecule has 104 valence electrons. The van der Waals surface area contributed by atoms with Gasteiger partial charge in [-0.05, 0) is 45.4 Å². The van der Waals surface area contributed by atoms with Gasteiger partial charge in [0, 0.05) is 19.6 Å². The molecule has 1 saturated carbocycles. The Kier molecular flexibility index (Phi) is 3.30. The highest BCUT2D eigenvalue weighted by molar-refractivity contribution is 5.68. The Bertz CT molecular complexity index is 326. The van der Waals surface area contributed by atoms with Crippen molar-refractivity contribution in [3.8, 4) is 0 Å². The van der Waals surface area contributed by atoms with Crippen LogP contribution in [0.25, 0.3) is 0 Å². The second kappa shape index (κ2) is 4.37. The number of ether oxygens (including phenoxy) is 1. The molecule has 2 N–H and O–H groups in total. The zero-order valence-electron chi connectivity index (χ0n) is 11.4. The van der Waals surface area contributed by atoms with Crippen molar-refractivity contribution < 1.29 is 13.9 Å². The lowest BCUT2D eigenvalue weighted by atomic mass is 10.0. The fourth-order valence-electron chi connectivity index (χ4n) is 3.07. The maximum atomic E-state index is 14.1. The molecule has 5 heteroatoms. The monoisotopic (exact) mass is 258 g/mol. The third-order valence-electron chi connectivity index (χ3n) is 3.85.